The number of hydrogen-bond acceptors (Lipinski definition) is 3. The van der Waals surface area contributed by atoms with E-state index in [2.05, 4.69) is 10.2 Å². The van der Waals surface area contributed by atoms with Crippen LogP contribution in [0.15, 0.2) is 52.7 Å². The maximum Gasteiger partial charge on any atom is 0.148 e. The second-order valence-corrected chi connectivity index (χ2v) is 3.39. The number of rotatable bonds is 2. The maximum atomic E-state index is 13.1. The summed E-state index contributed by atoms with van der Waals surface area (Å²) in [5.74, 6) is -0.953. The van der Waals surface area contributed by atoms with Gasteiger partial charge in [0.15, 0.2) is 0 Å². The number of anilines is 1. The van der Waals surface area contributed by atoms with Gasteiger partial charge in [-0.3, -0.25) is 0 Å². The number of azo groups is 1. The first-order valence-electron chi connectivity index (χ1n) is 4.87. The smallest absolute Gasteiger partial charge is 0.148 e. The van der Waals surface area contributed by atoms with E-state index in [0.29, 0.717) is 11.4 Å². The second kappa shape index (κ2) is 4.69. The molecule has 0 heterocycles. The van der Waals surface area contributed by atoms with E-state index >= 15 is 0 Å². The zero-order valence-corrected chi connectivity index (χ0v) is 8.77. The largest absolute Gasteiger partial charge is 0.396 e. The van der Waals surface area contributed by atoms with Crippen molar-refractivity contribution in [1.29, 1.82) is 0 Å². The molecule has 0 fully saturated rings. The number of hydrogen-bond donors (Lipinski definition) is 1. The number of benzene rings is 2. The Morgan fingerprint density at radius 3 is 2.24 bits per heavy atom. The monoisotopic (exact) mass is 233 g/mol. The molecule has 0 aliphatic heterocycles. The van der Waals surface area contributed by atoms with E-state index in [1.807, 2.05) is 0 Å². The molecule has 0 saturated carbocycles. The van der Waals surface area contributed by atoms with Crippen molar-refractivity contribution in [2.24, 2.45) is 10.2 Å². The van der Waals surface area contributed by atoms with Gasteiger partial charge in [-0.2, -0.15) is 10.2 Å². The summed E-state index contributed by atoms with van der Waals surface area (Å²) in [6.45, 7) is 0. The molecule has 17 heavy (non-hydrogen) atoms. The predicted molar refractivity (Wildman–Crippen MR) is 61.4 cm³/mol. The van der Waals surface area contributed by atoms with Gasteiger partial charge < -0.3 is 5.73 Å². The molecule has 0 aliphatic carbocycles. The minimum absolute atomic E-state index is 0.0507. The van der Waals surface area contributed by atoms with Crippen molar-refractivity contribution in [2.75, 3.05) is 5.73 Å². The van der Waals surface area contributed by atoms with Gasteiger partial charge in [-0.25, -0.2) is 8.78 Å². The lowest BCUT2D eigenvalue weighted by Gasteiger charge is -1.97. The topological polar surface area (TPSA) is 50.7 Å². The summed E-state index contributed by atoms with van der Waals surface area (Å²) >= 11 is 0. The second-order valence-electron chi connectivity index (χ2n) is 3.39. The van der Waals surface area contributed by atoms with Crippen LogP contribution in [0.1, 0.15) is 0 Å². The van der Waals surface area contributed by atoms with Crippen LogP contribution in [0.4, 0.5) is 25.8 Å². The fourth-order valence-corrected chi connectivity index (χ4v) is 1.23. The molecule has 2 rings (SSSR count). The number of nitrogens with zero attached hydrogens (tertiary/aromatic N) is 2. The van der Waals surface area contributed by atoms with E-state index < -0.39 is 11.6 Å². The van der Waals surface area contributed by atoms with Crippen molar-refractivity contribution in [2.45, 2.75) is 0 Å². The first kappa shape index (κ1) is 11.2. The van der Waals surface area contributed by atoms with Gasteiger partial charge in [-0.05, 0) is 24.3 Å². The molecule has 2 aromatic carbocycles. The zero-order valence-electron chi connectivity index (χ0n) is 8.77. The van der Waals surface area contributed by atoms with Gasteiger partial charge in [0.2, 0.25) is 0 Å². The summed E-state index contributed by atoms with van der Waals surface area (Å²) in [4.78, 5) is 0. The van der Waals surface area contributed by atoms with E-state index in [9.17, 15) is 8.78 Å². The molecular formula is C12H9F2N3. The first-order chi connectivity index (χ1) is 8.15. The Morgan fingerprint density at radius 2 is 1.59 bits per heavy atom. The highest BCUT2D eigenvalue weighted by molar-refractivity contribution is 5.49. The first-order valence-corrected chi connectivity index (χ1v) is 4.87. The number of nitrogen functional groups attached to an aromatic ring is 1. The van der Waals surface area contributed by atoms with E-state index in [1.54, 1.807) is 6.07 Å². The van der Waals surface area contributed by atoms with Crippen molar-refractivity contribution in [3.05, 3.63) is 54.1 Å². The molecule has 86 valence electrons. The van der Waals surface area contributed by atoms with Gasteiger partial charge in [-0.15, -0.1) is 0 Å². The number of nitrogens with two attached hydrogens (primary N) is 1. The minimum Gasteiger partial charge on any atom is -0.396 e. The Morgan fingerprint density at radius 1 is 0.882 bits per heavy atom. The fourth-order valence-electron chi connectivity index (χ4n) is 1.23. The van der Waals surface area contributed by atoms with Crippen molar-refractivity contribution in [1.82, 2.24) is 0 Å². The Kier molecular flexibility index (Phi) is 3.09. The van der Waals surface area contributed by atoms with Crippen LogP contribution in [0.2, 0.25) is 0 Å². The van der Waals surface area contributed by atoms with E-state index in [-0.39, 0.29) is 5.69 Å². The van der Waals surface area contributed by atoms with Crippen molar-refractivity contribution < 1.29 is 8.78 Å². The van der Waals surface area contributed by atoms with Gasteiger partial charge in [0.1, 0.15) is 11.6 Å². The third-order valence-electron chi connectivity index (χ3n) is 2.07. The standard InChI is InChI=1S/C12H9F2N3/c13-8-2-1-3-9(6-8)16-17-10-4-5-12(15)11(14)7-10/h1-7H,15H2/b17-16+. The highest BCUT2D eigenvalue weighted by Crippen LogP contribution is 2.21. The zero-order chi connectivity index (χ0) is 12.3. The third-order valence-corrected chi connectivity index (χ3v) is 2.07. The van der Waals surface area contributed by atoms with Crippen LogP contribution in [0.25, 0.3) is 0 Å². The predicted octanol–water partition coefficient (Wildman–Crippen LogP) is 3.96. The number of halogens is 2. The molecule has 3 nitrogen and oxygen atoms in total. The molecule has 0 saturated heterocycles. The van der Waals surface area contributed by atoms with E-state index in [4.69, 9.17) is 5.73 Å². The SMILES string of the molecule is Nc1ccc(/N=N/c2cccc(F)c2)cc1F. The highest BCUT2D eigenvalue weighted by Gasteiger charge is 1.99. The Bertz CT molecular complexity index is 567. The highest BCUT2D eigenvalue weighted by atomic mass is 19.1. The molecule has 0 spiro atoms. The third kappa shape index (κ3) is 2.84. The normalized spacial score (nSPS) is 10.9. The molecule has 0 atom stereocenters. The fraction of sp³-hybridized carbons (Fsp3) is 0. The summed E-state index contributed by atoms with van der Waals surface area (Å²) in [6.07, 6.45) is 0. The van der Waals surface area contributed by atoms with Crippen LogP contribution in [0.3, 0.4) is 0 Å². The Labute approximate surface area is 96.6 Å². The molecule has 0 unspecified atom stereocenters. The Balaban J connectivity index is 2.23. The quantitative estimate of drug-likeness (QED) is 0.619. The molecule has 2 aromatic rings. The molecule has 2 N–H and O–H groups in total. The van der Waals surface area contributed by atoms with Crippen LogP contribution >= 0.6 is 0 Å². The summed E-state index contributed by atoms with van der Waals surface area (Å²) in [6, 6.07) is 9.75. The van der Waals surface area contributed by atoms with Gasteiger partial charge in [0, 0.05) is 12.1 Å². The van der Waals surface area contributed by atoms with Gasteiger partial charge in [-0.1, -0.05) is 6.07 Å². The van der Waals surface area contributed by atoms with Crippen molar-refractivity contribution in [3.8, 4) is 0 Å². The molecule has 5 heteroatoms. The van der Waals surface area contributed by atoms with Crippen LogP contribution in [0, 0.1) is 11.6 Å². The molecular weight excluding hydrogens is 224 g/mol. The van der Waals surface area contributed by atoms with Crippen LogP contribution in [-0.4, -0.2) is 0 Å². The summed E-state index contributed by atoms with van der Waals surface area (Å²) in [7, 11) is 0. The van der Waals surface area contributed by atoms with E-state index in [1.165, 1.54) is 30.3 Å². The minimum atomic E-state index is -0.555. The van der Waals surface area contributed by atoms with Crippen LogP contribution in [0.5, 0.6) is 0 Å². The molecule has 0 amide bonds. The lowest BCUT2D eigenvalue weighted by molar-refractivity contribution is 0.628. The maximum absolute atomic E-state index is 13.1. The average Bonchev–Trinajstić information content (AvgIpc) is 2.31. The van der Waals surface area contributed by atoms with Crippen LogP contribution in [-0.2, 0) is 0 Å². The van der Waals surface area contributed by atoms with Gasteiger partial charge in [0.25, 0.3) is 0 Å². The van der Waals surface area contributed by atoms with Crippen molar-refractivity contribution in [3.63, 3.8) is 0 Å². The summed E-state index contributed by atoms with van der Waals surface area (Å²) in [5, 5.41) is 7.57. The lowest BCUT2D eigenvalue weighted by atomic mass is 10.3. The lowest BCUT2D eigenvalue weighted by Crippen LogP contribution is -1.87. The van der Waals surface area contributed by atoms with Gasteiger partial charge >= 0.3 is 0 Å². The van der Waals surface area contributed by atoms with Crippen LogP contribution < -0.4 is 5.73 Å². The van der Waals surface area contributed by atoms with Crippen molar-refractivity contribution >= 4 is 17.1 Å². The summed E-state index contributed by atoms with van der Waals surface area (Å²) in [5.41, 5.74) is 6.05. The van der Waals surface area contributed by atoms with Gasteiger partial charge in [0.05, 0.1) is 17.1 Å². The summed E-state index contributed by atoms with van der Waals surface area (Å²) < 4.78 is 25.9. The molecule has 0 bridgehead atoms. The van der Waals surface area contributed by atoms with E-state index in [0.717, 1.165) is 6.07 Å². The average molecular weight is 233 g/mol. The molecule has 0 radical (unpaired) electrons. The molecule has 0 aliphatic rings. The molecule has 0 aromatic heterocycles. The Hall–Kier alpha value is -2.30.